The first kappa shape index (κ1) is 16.8. The molecule has 0 spiro atoms. The first-order valence-electron chi connectivity index (χ1n) is 8.84. The highest BCUT2D eigenvalue weighted by Crippen LogP contribution is 2.36. The number of nitrogens with one attached hydrogen (secondary N) is 1. The minimum atomic E-state index is -0.202. The summed E-state index contributed by atoms with van der Waals surface area (Å²) in [4.78, 5) is 28.9. The zero-order valence-electron chi connectivity index (χ0n) is 14.3. The summed E-state index contributed by atoms with van der Waals surface area (Å²) in [7, 11) is 0. The van der Waals surface area contributed by atoms with Gasteiger partial charge in [-0.3, -0.25) is 14.6 Å². The number of hydrogen-bond acceptors (Lipinski definition) is 4. The van der Waals surface area contributed by atoms with Crippen LogP contribution in [0.4, 0.5) is 0 Å². The van der Waals surface area contributed by atoms with E-state index in [0.717, 1.165) is 49.7 Å². The number of carbonyl (C=O) groups excluding carboxylic acids is 1. The summed E-state index contributed by atoms with van der Waals surface area (Å²) < 4.78 is 1.79. The van der Waals surface area contributed by atoms with Crippen LogP contribution in [0.15, 0.2) is 35.4 Å². The normalized spacial score (nSPS) is 17.0. The lowest BCUT2D eigenvalue weighted by Gasteiger charge is -2.36. The van der Waals surface area contributed by atoms with Gasteiger partial charge in [0.1, 0.15) is 5.78 Å². The van der Waals surface area contributed by atoms with Crippen molar-refractivity contribution in [2.24, 2.45) is 5.41 Å². The van der Waals surface area contributed by atoms with Gasteiger partial charge in [0.25, 0.3) is 5.56 Å². The molecule has 1 aliphatic rings. The quantitative estimate of drug-likeness (QED) is 0.885. The number of aryl methyl sites for hydroxylation is 1. The third kappa shape index (κ3) is 3.26. The van der Waals surface area contributed by atoms with Crippen molar-refractivity contribution in [1.82, 2.24) is 14.9 Å². The second-order valence-corrected chi connectivity index (χ2v) is 6.67. The molecule has 0 aliphatic carbocycles. The smallest absolute Gasteiger partial charge is 0.251 e. The van der Waals surface area contributed by atoms with Crippen LogP contribution in [0.1, 0.15) is 39.0 Å². The topological polar surface area (TPSA) is 64.0 Å². The summed E-state index contributed by atoms with van der Waals surface area (Å²) >= 11 is 0. The van der Waals surface area contributed by atoms with Gasteiger partial charge in [-0.15, -0.1) is 0 Å². The number of aromatic nitrogens is 2. The molecule has 2 aromatic rings. The van der Waals surface area contributed by atoms with Gasteiger partial charge in [0.15, 0.2) is 0 Å². The molecule has 0 amide bonds. The lowest BCUT2D eigenvalue weighted by molar-refractivity contribution is -0.130. The van der Waals surface area contributed by atoms with Crippen molar-refractivity contribution in [1.29, 1.82) is 0 Å². The zero-order valence-corrected chi connectivity index (χ0v) is 14.3. The van der Waals surface area contributed by atoms with Crippen LogP contribution in [-0.2, 0) is 11.3 Å². The molecule has 128 valence electrons. The van der Waals surface area contributed by atoms with E-state index in [4.69, 9.17) is 0 Å². The van der Waals surface area contributed by atoms with E-state index in [1.807, 2.05) is 19.1 Å². The number of nitrogens with zero attached hydrogens (tertiary/aromatic N) is 2. The van der Waals surface area contributed by atoms with Crippen molar-refractivity contribution in [3.8, 4) is 0 Å². The third-order valence-corrected chi connectivity index (χ3v) is 5.31. The molecular weight excluding hydrogens is 302 g/mol. The van der Waals surface area contributed by atoms with Gasteiger partial charge in [-0.05, 0) is 50.9 Å². The fourth-order valence-corrected chi connectivity index (χ4v) is 3.89. The predicted molar refractivity (Wildman–Crippen MR) is 95.1 cm³/mol. The fourth-order valence-electron chi connectivity index (χ4n) is 3.89. The van der Waals surface area contributed by atoms with E-state index in [-0.39, 0.29) is 11.0 Å². The van der Waals surface area contributed by atoms with Gasteiger partial charge in [0.2, 0.25) is 0 Å². The van der Waals surface area contributed by atoms with E-state index in [2.05, 4.69) is 10.3 Å². The Morgan fingerprint density at radius 2 is 2.08 bits per heavy atom. The fraction of sp³-hybridized carbons (Fsp3) is 0.526. The van der Waals surface area contributed by atoms with Crippen molar-refractivity contribution in [2.75, 3.05) is 13.1 Å². The largest absolute Gasteiger partial charge is 0.317 e. The van der Waals surface area contributed by atoms with Crippen LogP contribution >= 0.6 is 0 Å². The monoisotopic (exact) mass is 327 g/mol. The van der Waals surface area contributed by atoms with E-state index in [1.165, 1.54) is 0 Å². The highest BCUT2D eigenvalue weighted by molar-refractivity contribution is 5.84. The lowest BCUT2D eigenvalue weighted by atomic mass is 9.71. The summed E-state index contributed by atoms with van der Waals surface area (Å²) in [6, 6.07) is 5.37. The Morgan fingerprint density at radius 3 is 2.83 bits per heavy atom. The molecule has 1 aliphatic heterocycles. The number of piperidine rings is 1. The minimum absolute atomic E-state index is 0.00308. The first-order valence-corrected chi connectivity index (χ1v) is 8.84. The Kier molecular flexibility index (Phi) is 5.09. The number of hydrogen-bond donors (Lipinski definition) is 1. The molecule has 0 saturated carbocycles. The number of Topliss-reactive ketones (excluding diaryl/α,β-unsaturated/α-hetero) is 1. The second kappa shape index (κ2) is 7.26. The summed E-state index contributed by atoms with van der Waals surface area (Å²) in [6.45, 7) is 4.40. The molecule has 0 radical (unpaired) electrons. The predicted octanol–water partition coefficient (Wildman–Crippen LogP) is 2.53. The van der Waals surface area contributed by atoms with Crippen LogP contribution in [0, 0.1) is 5.41 Å². The van der Waals surface area contributed by atoms with Gasteiger partial charge in [-0.25, -0.2) is 0 Å². The number of fused-ring (bicyclic) bond motifs is 1. The maximum atomic E-state index is 12.5. The molecule has 1 N–H and O–H groups in total. The van der Waals surface area contributed by atoms with Crippen LogP contribution in [-0.4, -0.2) is 28.4 Å². The average molecular weight is 327 g/mol. The van der Waals surface area contributed by atoms with Crippen LogP contribution in [0.25, 0.3) is 10.9 Å². The number of pyridine rings is 2. The van der Waals surface area contributed by atoms with E-state index < -0.39 is 0 Å². The molecule has 5 heteroatoms. The first-order chi connectivity index (χ1) is 11.7. The van der Waals surface area contributed by atoms with E-state index >= 15 is 0 Å². The summed E-state index contributed by atoms with van der Waals surface area (Å²) in [5, 5.41) is 4.36. The van der Waals surface area contributed by atoms with E-state index in [0.29, 0.717) is 18.7 Å². The summed E-state index contributed by atoms with van der Waals surface area (Å²) in [6.07, 6.45) is 7.58. The van der Waals surface area contributed by atoms with Crippen molar-refractivity contribution in [2.45, 2.75) is 45.6 Å². The van der Waals surface area contributed by atoms with Crippen LogP contribution in [0.3, 0.4) is 0 Å². The van der Waals surface area contributed by atoms with E-state index in [9.17, 15) is 9.59 Å². The molecular formula is C19H25N3O2. The molecule has 0 bridgehead atoms. The molecule has 3 heterocycles. The highest BCUT2D eigenvalue weighted by atomic mass is 16.1. The van der Waals surface area contributed by atoms with Gasteiger partial charge >= 0.3 is 0 Å². The van der Waals surface area contributed by atoms with Crippen LogP contribution < -0.4 is 10.9 Å². The Bertz CT molecular complexity index is 776. The second-order valence-electron chi connectivity index (χ2n) is 6.67. The number of carbonyl (C=O) groups is 1. The average Bonchev–Trinajstić information content (AvgIpc) is 2.63. The number of ketones is 1. The van der Waals surface area contributed by atoms with E-state index in [1.54, 1.807) is 23.0 Å². The molecule has 24 heavy (non-hydrogen) atoms. The van der Waals surface area contributed by atoms with Crippen LogP contribution in [0.5, 0.6) is 0 Å². The molecule has 2 aromatic heterocycles. The van der Waals surface area contributed by atoms with Crippen molar-refractivity contribution >= 4 is 16.7 Å². The van der Waals surface area contributed by atoms with Crippen LogP contribution in [0.2, 0.25) is 0 Å². The molecule has 1 saturated heterocycles. The molecule has 3 rings (SSSR count). The summed E-state index contributed by atoms with van der Waals surface area (Å²) in [5.41, 5.74) is 0.662. The minimum Gasteiger partial charge on any atom is -0.317 e. The standard InChI is InChI=1S/C19H25N3O2/c1-2-17(23)19(8-11-20-12-9-19)7-3-13-22-16-14-21-10-6-15(16)4-5-18(22)24/h4-6,10,14,20H,2-3,7-9,11-13H2,1H3. The Labute approximate surface area is 142 Å². The lowest BCUT2D eigenvalue weighted by Crippen LogP contribution is -2.42. The number of rotatable bonds is 6. The highest BCUT2D eigenvalue weighted by Gasteiger charge is 2.37. The van der Waals surface area contributed by atoms with Gasteiger partial charge in [0, 0.05) is 36.0 Å². The molecule has 5 nitrogen and oxygen atoms in total. The van der Waals surface area contributed by atoms with Crippen molar-refractivity contribution < 1.29 is 4.79 Å². The van der Waals surface area contributed by atoms with Gasteiger partial charge in [-0.1, -0.05) is 6.92 Å². The Balaban J connectivity index is 1.77. The Morgan fingerprint density at radius 1 is 1.29 bits per heavy atom. The van der Waals surface area contributed by atoms with Crippen molar-refractivity contribution in [3.05, 3.63) is 40.9 Å². The maximum Gasteiger partial charge on any atom is 0.251 e. The molecule has 0 atom stereocenters. The third-order valence-electron chi connectivity index (χ3n) is 5.31. The van der Waals surface area contributed by atoms with Gasteiger partial charge in [-0.2, -0.15) is 0 Å². The SMILES string of the molecule is CCC(=O)C1(CCCn2c(=O)ccc3ccncc32)CCNCC1. The van der Waals surface area contributed by atoms with Gasteiger partial charge < -0.3 is 9.88 Å². The zero-order chi connectivity index (χ0) is 17.0. The molecule has 0 unspecified atom stereocenters. The maximum absolute atomic E-state index is 12.5. The van der Waals surface area contributed by atoms with Gasteiger partial charge in [0.05, 0.1) is 11.7 Å². The Hall–Kier alpha value is -2.01. The summed E-state index contributed by atoms with van der Waals surface area (Å²) in [5.74, 6) is 0.371. The molecule has 0 aromatic carbocycles. The van der Waals surface area contributed by atoms with Crippen molar-refractivity contribution in [3.63, 3.8) is 0 Å². The molecule has 1 fully saturated rings.